The summed E-state index contributed by atoms with van der Waals surface area (Å²) in [6, 6.07) is -2.00. The van der Waals surface area contributed by atoms with Crippen molar-refractivity contribution in [2.45, 2.75) is 44.2 Å². The molecule has 3 amide bonds. The minimum Gasteiger partial charge on any atom is -0.480 e. The first-order chi connectivity index (χ1) is 9.90. The highest BCUT2D eigenvalue weighted by Crippen LogP contribution is 2.33. The van der Waals surface area contributed by atoms with Crippen LogP contribution in [0.5, 0.6) is 0 Å². The van der Waals surface area contributed by atoms with Crippen LogP contribution in [0.3, 0.4) is 0 Å². The van der Waals surface area contributed by atoms with Crippen molar-refractivity contribution in [1.29, 1.82) is 0 Å². The monoisotopic (exact) mass is 297 g/mol. The van der Waals surface area contributed by atoms with Crippen molar-refractivity contribution in [1.82, 2.24) is 10.2 Å². The quantitative estimate of drug-likeness (QED) is 0.569. The second-order valence-electron chi connectivity index (χ2n) is 5.53. The third kappa shape index (κ3) is 3.71. The van der Waals surface area contributed by atoms with Gasteiger partial charge in [-0.05, 0) is 25.7 Å². The molecule has 0 bridgehead atoms. The molecular weight excluding hydrogens is 278 g/mol. The summed E-state index contributed by atoms with van der Waals surface area (Å²) in [4.78, 5) is 47.6. The van der Waals surface area contributed by atoms with E-state index < -0.39 is 36.3 Å². The van der Waals surface area contributed by atoms with Crippen molar-refractivity contribution in [2.75, 3.05) is 6.54 Å². The summed E-state index contributed by atoms with van der Waals surface area (Å²) in [6.07, 6.45) is 2.45. The first-order valence-electron chi connectivity index (χ1n) is 7.02. The lowest BCUT2D eigenvalue weighted by atomic mass is 10.1. The van der Waals surface area contributed by atoms with E-state index in [0.717, 1.165) is 12.8 Å². The molecule has 2 fully saturated rings. The molecule has 4 N–H and O–H groups in total. The number of carboxylic acid groups (broad SMARTS) is 1. The molecule has 0 aromatic heterocycles. The van der Waals surface area contributed by atoms with Crippen LogP contribution in [0.25, 0.3) is 0 Å². The number of rotatable bonds is 6. The van der Waals surface area contributed by atoms with Gasteiger partial charge in [0.2, 0.25) is 17.7 Å². The number of carboxylic acids is 1. The van der Waals surface area contributed by atoms with Gasteiger partial charge in [0.05, 0.1) is 6.42 Å². The number of carbonyl (C=O) groups is 4. The second-order valence-corrected chi connectivity index (χ2v) is 5.53. The molecule has 1 aliphatic heterocycles. The molecule has 1 saturated heterocycles. The van der Waals surface area contributed by atoms with Gasteiger partial charge in [-0.25, -0.2) is 4.79 Å². The van der Waals surface area contributed by atoms with Gasteiger partial charge in [-0.2, -0.15) is 0 Å². The third-order valence-electron chi connectivity index (χ3n) is 3.79. The van der Waals surface area contributed by atoms with Gasteiger partial charge in [0, 0.05) is 12.5 Å². The Hall–Kier alpha value is -2.12. The number of likely N-dealkylation sites (tertiary alicyclic amines) is 1. The fourth-order valence-electron chi connectivity index (χ4n) is 2.54. The highest BCUT2D eigenvalue weighted by Gasteiger charge is 2.41. The fraction of sp³-hybridized carbons (Fsp3) is 0.692. The number of nitrogens with zero attached hydrogens (tertiary/aromatic N) is 1. The first kappa shape index (κ1) is 15.3. The molecule has 0 spiro atoms. The number of nitrogens with one attached hydrogen (secondary N) is 1. The van der Waals surface area contributed by atoms with Crippen molar-refractivity contribution in [3.63, 3.8) is 0 Å². The summed E-state index contributed by atoms with van der Waals surface area (Å²) in [5.41, 5.74) is 4.97. The highest BCUT2D eigenvalue weighted by molar-refractivity contribution is 5.93. The van der Waals surface area contributed by atoms with E-state index in [1.54, 1.807) is 0 Å². The molecule has 0 radical (unpaired) electrons. The maximum atomic E-state index is 12.2. The molecule has 0 aromatic carbocycles. The van der Waals surface area contributed by atoms with E-state index in [2.05, 4.69) is 5.32 Å². The molecule has 2 rings (SSSR count). The highest BCUT2D eigenvalue weighted by atomic mass is 16.4. The molecular formula is C13H19N3O5. The Balaban J connectivity index is 1.98. The molecule has 1 aliphatic carbocycles. The zero-order chi connectivity index (χ0) is 15.6. The molecule has 8 nitrogen and oxygen atoms in total. The zero-order valence-corrected chi connectivity index (χ0v) is 11.6. The summed E-state index contributed by atoms with van der Waals surface area (Å²) in [5, 5.41) is 11.3. The van der Waals surface area contributed by atoms with Gasteiger partial charge in [-0.3, -0.25) is 14.4 Å². The largest absolute Gasteiger partial charge is 0.480 e. The van der Waals surface area contributed by atoms with E-state index in [1.807, 2.05) is 0 Å². The normalized spacial score (nSPS) is 22.7. The molecule has 2 unspecified atom stereocenters. The Bertz CT molecular complexity index is 474. The van der Waals surface area contributed by atoms with Crippen molar-refractivity contribution in [3.05, 3.63) is 0 Å². The molecule has 8 heteroatoms. The van der Waals surface area contributed by atoms with Gasteiger partial charge in [0.1, 0.15) is 12.1 Å². The Morgan fingerprint density at radius 3 is 2.43 bits per heavy atom. The summed E-state index contributed by atoms with van der Waals surface area (Å²) in [6.45, 7) is 0.515. The van der Waals surface area contributed by atoms with Crippen LogP contribution in [0.4, 0.5) is 0 Å². The van der Waals surface area contributed by atoms with Gasteiger partial charge in [0.25, 0.3) is 0 Å². The molecule has 21 heavy (non-hydrogen) atoms. The van der Waals surface area contributed by atoms with Crippen molar-refractivity contribution < 1.29 is 24.3 Å². The lowest BCUT2D eigenvalue weighted by Gasteiger charge is -2.25. The van der Waals surface area contributed by atoms with Gasteiger partial charge in [-0.15, -0.1) is 0 Å². The van der Waals surface area contributed by atoms with Crippen LogP contribution >= 0.6 is 0 Å². The fourth-order valence-corrected chi connectivity index (χ4v) is 2.54. The summed E-state index contributed by atoms with van der Waals surface area (Å²) in [7, 11) is 0. The predicted molar refractivity (Wildman–Crippen MR) is 70.8 cm³/mol. The van der Waals surface area contributed by atoms with Crippen LogP contribution < -0.4 is 11.1 Å². The third-order valence-corrected chi connectivity index (χ3v) is 3.79. The lowest BCUT2D eigenvalue weighted by Crippen LogP contribution is -2.52. The Kier molecular flexibility index (Phi) is 4.44. The van der Waals surface area contributed by atoms with Crippen LogP contribution in [0, 0.1) is 5.92 Å². The predicted octanol–water partition coefficient (Wildman–Crippen LogP) is -1.17. The second kappa shape index (κ2) is 6.11. The SMILES string of the molecule is NC(=O)CC(NC(=O)C1CCCN1C(=O)C1CC1)C(=O)O. The Morgan fingerprint density at radius 2 is 1.90 bits per heavy atom. The lowest BCUT2D eigenvalue weighted by molar-refractivity contribution is -0.145. The Labute approximate surface area is 121 Å². The van der Waals surface area contributed by atoms with E-state index in [9.17, 15) is 19.2 Å². The average Bonchev–Trinajstić information content (AvgIpc) is 3.13. The number of amides is 3. The van der Waals surface area contributed by atoms with Crippen molar-refractivity contribution in [2.24, 2.45) is 11.7 Å². The van der Waals surface area contributed by atoms with E-state index in [0.29, 0.717) is 19.4 Å². The summed E-state index contributed by atoms with van der Waals surface area (Å²) in [5.74, 6) is -2.68. The van der Waals surface area contributed by atoms with E-state index in [-0.39, 0.29) is 11.8 Å². The van der Waals surface area contributed by atoms with Gasteiger partial charge >= 0.3 is 5.97 Å². The van der Waals surface area contributed by atoms with Gasteiger partial charge < -0.3 is 21.1 Å². The number of hydrogen-bond acceptors (Lipinski definition) is 4. The standard InChI is InChI=1S/C13H19N3O5/c14-10(17)6-8(13(20)21)15-11(18)9-2-1-5-16(9)12(19)7-3-4-7/h7-9H,1-6H2,(H2,14,17)(H,15,18)(H,20,21). The van der Waals surface area contributed by atoms with E-state index >= 15 is 0 Å². The number of primary amides is 1. The maximum Gasteiger partial charge on any atom is 0.326 e. The smallest absolute Gasteiger partial charge is 0.326 e. The van der Waals surface area contributed by atoms with Crippen molar-refractivity contribution in [3.8, 4) is 0 Å². The summed E-state index contributed by atoms with van der Waals surface area (Å²) < 4.78 is 0. The zero-order valence-electron chi connectivity index (χ0n) is 11.6. The summed E-state index contributed by atoms with van der Waals surface area (Å²) >= 11 is 0. The minimum absolute atomic E-state index is 0.0132. The molecule has 1 heterocycles. The van der Waals surface area contributed by atoms with Crippen LogP contribution in [0.15, 0.2) is 0 Å². The maximum absolute atomic E-state index is 12.2. The van der Waals surface area contributed by atoms with Gasteiger partial charge in [-0.1, -0.05) is 0 Å². The minimum atomic E-state index is -1.35. The number of carbonyl (C=O) groups excluding carboxylic acids is 3. The molecule has 2 atom stereocenters. The molecule has 0 aromatic rings. The number of hydrogen-bond donors (Lipinski definition) is 3. The van der Waals surface area contributed by atoms with Crippen LogP contribution in [0.1, 0.15) is 32.1 Å². The molecule has 2 aliphatic rings. The van der Waals surface area contributed by atoms with E-state index in [4.69, 9.17) is 10.8 Å². The number of nitrogens with two attached hydrogens (primary N) is 1. The van der Waals surface area contributed by atoms with Crippen molar-refractivity contribution >= 4 is 23.7 Å². The van der Waals surface area contributed by atoms with Crippen LogP contribution in [-0.2, 0) is 19.2 Å². The molecule has 116 valence electrons. The Morgan fingerprint density at radius 1 is 1.24 bits per heavy atom. The first-order valence-corrected chi connectivity index (χ1v) is 7.02. The van der Waals surface area contributed by atoms with Crippen LogP contribution in [-0.4, -0.2) is 52.3 Å². The average molecular weight is 297 g/mol. The number of aliphatic carboxylic acids is 1. The molecule has 1 saturated carbocycles. The van der Waals surface area contributed by atoms with E-state index in [1.165, 1.54) is 4.90 Å². The topological polar surface area (TPSA) is 130 Å². The van der Waals surface area contributed by atoms with Gasteiger partial charge in [0.15, 0.2) is 0 Å². The van der Waals surface area contributed by atoms with Crippen LogP contribution in [0.2, 0.25) is 0 Å².